The van der Waals surface area contributed by atoms with Crippen molar-refractivity contribution in [3.8, 4) is 0 Å². The highest BCUT2D eigenvalue weighted by atomic mass is 19.1. The van der Waals surface area contributed by atoms with E-state index in [4.69, 9.17) is 0 Å². The Kier molecular flexibility index (Phi) is 4.82. The van der Waals surface area contributed by atoms with Gasteiger partial charge in [0.25, 0.3) is 5.78 Å². The third kappa shape index (κ3) is 3.38. The average molecular weight is 441 g/mol. The molecule has 0 aliphatic carbocycles. The van der Waals surface area contributed by atoms with Crippen molar-refractivity contribution in [1.82, 2.24) is 9.97 Å². The number of rotatable bonds is 3. The van der Waals surface area contributed by atoms with Gasteiger partial charge in [0.15, 0.2) is 0 Å². The van der Waals surface area contributed by atoms with E-state index < -0.39 is 23.5 Å². The second kappa shape index (κ2) is 7.70. The van der Waals surface area contributed by atoms with Crippen molar-refractivity contribution >= 4 is 34.4 Å². The van der Waals surface area contributed by atoms with Gasteiger partial charge in [0.05, 0.1) is 22.6 Å². The fourth-order valence-corrected chi connectivity index (χ4v) is 4.21. The number of nitrogens with zero attached hydrogens (tertiary/aromatic N) is 2. The van der Waals surface area contributed by atoms with Crippen molar-refractivity contribution in [2.75, 3.05) is 4.90 Å². The second-order valence-electron chi connectivity index (χ2n) is 8.12. The topological polar surface area (TPSA) is 86.3 Å². The number of aromatic nitrogens is 2. The third-order valence-electron chi connectivity index (χ3n) is 5.84. The molecule has 1 aliphatic heterocycles. The van der Waals surface area contributed by atoms with Gasteiger partial charge in [-0.05, 0) is 55.3 Å². The number of amides is 1. The average Bonchev–Trinajstić information content (AvgIpc) is 3.34. The summed E-state index contributed by atoms with van der Waals surface area (Å²) in [7, 11) is 0. The number of hydrogen-bond acceptors (Lipinski definition) is 4. The minimum atomic E-state index is -0.907. The van der Waals surface area contributed by atoms with Crippen LogP contribution in [0.3, 0.4) is 0 Å². The number of halogens is 1. The van der Waals surface area contributed by atoms with Crippen molar-refractivity contribution in [3.63, 3.8) is 0 Å². The first-order valence-electron chi connectivity index (χ1n) is 10.4. The van der Waals surface area contributed by atoms with E-state index in [1.54, 1.807) is 19.1 Å². The lowest BCUT2D eigenvalue weighted by atomic mass is 9.94. The Morgan fingerprint density at radius 3 is 2.55 bits per heavy atom. The van der Waals surface area contributed by atoms with Gasteiger partial charge in [-0.15, -0.1) is 0 Å². The van der Waals surface area contributed by atoms with Crippen LogP contribution >= 0.6 is 0 Å². The summed E-state index contributed by atoms with van der Waals surface area (Å²) in [4.78, 5) is 35.3. The molecule has 1 aliphatic rings. The SMILES string of the molecule is Cc1cccc(C2/C(=C(\O)c3ccc(F)c(C)c3)C(=O)C(=O)N2c2nc3ccccc3[nH]2)c1. The number of fused-ring (bicyclic) bond motifs is 1. The fourth-order valence-electron chi connectivity index (χ4n) is 4.21. The zero-order chi connectivity index (χ0) is 23.3. The fraction of sp³-hybridized carbons (Fsp3) is 0.115. The third-order valence-corrected chi connectivity index (χ3v) is 5.84. The number of aryl methyl sites for hydroxylation is 2. The largest absolute Gasteiger partial charge is 0.507 e. The normalized spacial score (nSPS) is 17.8. The molecule has 1 fully saturated rings. The van der Waals surface area contributed by atoms with Crippen LogP contribution in [0.15, 0.2) is 72.3 Å². The van der Waals surface area contributed by atoms with E-state index in [9.17, 15) is 19.1 Å². The summed E-state index contributed by atoms with van der Waals surface area (Å²) in [6, 6.07) is 17.8. The first kappa shape index (κ1) is 20.6. The predicted octanol–water partition coefficient (Wildman–Crippen LogP) is 4.95. The van der Waals surface area contributed by atoms with Gasteiger partial charge in [0.1, 0.15) is 11.6 Å². The van der Waals surface area contributed by atoms with Crippen LogP contribution in [0.25, 0.3) is 16.8 Å². The Labute approximate surface area is 189 Å². The molecule has 3 aromatic carbocycles. The van der Waals surface area contributed by atoms with E-state index in [0.717, 1.165) is 5.56 Å². The molecule has 2 heterocycles. The first-order chi connectivity index (χ1) is 15.8. The summed E-state index contributed by atoms with van der Waals surface area (Å²) in [5.74, 6) is -2.22. The highest BCUT2D eigenvalue weighted by Gasteiger charge is 2.48. The number of benzene rings is 3. The maximum atomic E-state index is 13.8. The van der Waals surface area contributed by atoms with Gasteiger partial charge in [-0.25, -0.2) is 9.37 Å². The molecule has 0 radical (unpaired) electrons. The monoisotopic (exact) mass is 441 g/mol. The van der Waals surface area contributed by atoms with Crippen LogP contribution in [0.5, 0.6) is 0 Å². The molecule has 33 heavy (non-hydrogen) atoms. The summed E-state index contributed by atoms with van der Waals surface area (Å²) in [6.07, 6.45) is 0. The van der Waals surface area contributed by atoms with Crippen LogP contribution in [0.4, 0.5) is 10.3 Å². The lowest BCUT2D eigenvalue weighted by Gasteiger charge is -2.23. The molecule has 0 bridgehead atoms. The smallest absolute Gasteiger partial charge is 0.302 e. The number of nitrogens with one attached hydrogen (secondary N) is 1. The molecule has 1 amide bonds. The molecule has 7 heteroatoms. The zero-order valence-corrected chi connectivity index (χ0v) is 18.0. The Morgan fingerprint density at radius 1 is 1.03 bits per heavy atom. The van der Waals surface area contributed by atoms with Gasteiger partial charge in [0.2, 0.25) is 5.95 Å². The zero-order valence-electron chi connectivity index (χ0n) is 18.0. The Bertz CT molecular complexity index is 1440. The molecule has 0 saturated carbocycles. The maximum absolute atomic E-state index is 13.8. The van der Waals surface area contributed by atoms with Crippen molar-refractivity contribution in [2.24, 2.45) is 0 Å². The Morgan fingerprint density at radius 2 is 1.82 bits per heavy atom. The van der Waals surface area contributed by atoms with Crippen LogP contribution < -0.4 is 4.90 Å². The molecule has 5 rings (SSSR count). The minimum Gasteiger partial charge on any atom is -0.507 e. The van der Waals surface area contributed by atoms with Crippen LogP contribution in [0.1, 0.15) is 28.3 Å². The highest BCUT2D eigenvalue weighted by Crippen LogP contribution is 2.42. The molecule has 4 aromatic rings. The number of aromatic amines is 1. The number of ketones is 1. The summed E-state index contributed by atoms with van der Waals surface area (Å²) >= 11 is 0. The van der Waals surface area contributed by atoms with Crippen molar-refractivity contribution in [1.29, 1.82) is 0 Å². The molecular weight excluding hydrogens is 421 g/mol. The number of aliphatic hydroxyl groups excluding tert-OH is 1. The van der Waals surface area contributed by atoms with Gasteiger partial charge in [-0.1, -0.05) is 42.0 Å². The Hall–Kier alpha value is -4.26. The quantitative estimate of drug-likeness (QED) is 0.268. The number of hydrogen-bond donors (Lipinski definition) is 2. The molecule has 2 N–H and O–H groups in total. The number of H-pyrrole nitrogens is 1. The standard InChI is InChI=1S/C26H20FN3O3/c1-14-6-5-7-16(12-14)22-21(23(31)17-10-11-18(27)15(2)13-17)24(32)25(33)30(22)26-28-19-8-3-4-9-20(19)29-26/h3-13,22,31H,1-2H3,(H,28,29)/b23-21+. The van der Waals surface area contributed by atoms with E-state index in [1.807, 2.05) is 43.3 Å². The number of para-hydroxylation sites is 2. The second-order valence-corrected chi connectivity index (χ2v) is 8.12. The first-order valence-corrected chi connectivity index (χ1v) is 10.4. The van der Waals surface area contributed by atoms with Gasteiger partial charge in [-0.3, -0.25) is 14.5 Å². The summed E-state index contributed by atoms with van der Waals surface area (Å²) in [5.41, 5.74) is 3.44. The van der Waals surface area contributed by atoms with Crippen LogP contribution in [-0.2, 0) is 9.59 Å². The van der Waals surface area contributed by atoms with Gasteiger partial charge >= 0.3 is 5.91 Å². The lowest BCUT2D eigenvalue weighted by Crippen LogP contribution is -2.30. The molecular formula is C26H20FN3O3. The van der Waals surface area contributed by atoms with E-state index in [0.29, 0.717) is 22.2 Å². The summed E-state index contributed by atoms with van der Waals surface area (Å²) < 4.78 is 13.8. The van der Waals surface area contributed by atoms with E-state index in [1.165, 1.54) is 23.1 Å². The summed E-state index contributed by atoms with van der Waals surface area (Å²) in [6.45, 7) is 3.47. The van der Waals surface area contributed by atoms with Crippen molar-refractivity contribution < 1.29 is 19.1 Å². The van der Waals surface area contributed by atoms with Crippen LogP contribution in [0.2, 0.25) is 0 Å². The number of carbonyl (C=O) groups excluding carboxylic acids is 2. The molecule has 1 aromatic heterocycles. The number of carbonyl (C=O) groups is 2. The molecule has 1 unspecified atom stereocenters. The highest BCUT2D eigenvalue weighted by molar-refractivity contribution is 6.51. The van der Waals surface area contributed by atoms with Crippen molar-refractivity contribution in [3.05, 3.63) is 100 Å². The van der Waals surface area contributed by atoms with E-state index in [-0.39, 0.29) is 22.8 Å². The predicted molar refractivity (Wildman–Crippen MR) is 123 cm³/mol. The van der Waals surface area contributed by atoms with E-state index >= 15 is 0 Å². The van der Waals surface area contributed by atoms with Gasteiger partial charge in [-0.2, -0.15) is 0 Å². The number of anilines is 1. The molecule has 164 valence electrons. The lowest BCUT2D eigenvalue weighted by molar-refractivity contribution is -0.132. The molecule has 0 spiro atoms. The van der Waals surface area contributed by atoms with Gasteiger partial charge < -0.3 is 10.1 Å². The molecule has 1 atom stereocenters. The molecule has 6 nitrogen and oxygen atoms in total. The van der Waals surface area contributed by atoms with Crippen LogP contribution in [0, 0.1) is 19.7 Å². The number of aliphatic hydroxyl groups is 1. The number of Topliss-reactive ketones (excluding diaryl/α,β-unsaturated/α-hetero) is 1. The Balaban J connectivity index is 1.75. The van der Waals surface area contributed by atoms with Crippen molar-refractivity contribution in [2.45, 2.75) is 19.9 Å². The maximum Gasteiger partial charge on any atom is 0.302 e. The minimum absolute atomic E-state index is 0.0722. The van der Waals surface area contributed by atoms with Crippen LogP contribution in [-0.4, -0.2) is 26.8 Å². The van der Waals surface area contributed by atoms with E-state index in [2.05, 4.69) is 9.97 Å². The number of imidazole rings is 1. The molecule has 1 saturated heterocycles. The van der Waals surface area contributed by atoms with Gasteiger partial charge in [0, 0.05) is 5.56 Å². The summed E-state index contributed by atoms with van der Waals surface area (Å²) in [5, 5.41) is 11.2.